The maximum absolute atomic E-state index is 11.5. The molecule has 0 amide bonds. The number of carboxylic acid groups (broad SMARTS) is 1. The van der Waals surface area contributed by atoms with Crippen LogP contribution in [0.15, 0.2) is 59.5 Å². The van der Waals surface area contributed by atoms with Crippen molar-refractivity contribution < 1.29 is 18.3 Å². The van der Waals surface area contributed by atoms with Crippen LogP contribution in [-0.4, -0.2) is 24.1 Å². The first-order chi connectivity index (χ1) is 10.9. The lowest BCUT2D eigenvalue weighted by Crippen LogP contribution is -2.12. The van der Waals surface area contributed by atoms with Crippen molar-refractivity contribution in [3.63, 3.8) is 0 Å². The summed E-state index contributed by atoms with van der Waals surface area (Å²) in [5, 5.41) is 15.3. The first-order valence-corrected chi connectivity index (χ1v) is 8.34. The Hall–Kier alpha value is -2.64. The smallest absolute Gasteiger partial charge is 0.352 e. The van der Waals surface area contributed by atoms with Gasteiger partial charge in [-0.2, -0.15) is 0 Å². The summed E-state index contributed by atoms with van der Waals surface area (Å²) >= 11 is 0. The van der Waals surface area contributed by atoms with Crippen LogP contribution in [0.25, 0.3) is 10.9 Å². The Labute approximate surface area is 132 Å². The number of hydrogen-bond acceptors (Lipinski definition) is 3. The van der Waals surface area contributed by atoms with Crippen LogP contribution in [0.4, 0.5) is 0 Å². The Morgan fingerprint density at radius 1 is 1.09 bits per heavy atom. The van der Waals surface area contributed by atoms with Gasteiger partial charge in [-0.3, -0.25) is 0 Å². The molecule has 1 heterocycles. The van der Waals surface area contributed by atoms with Gasteiger partial charge >= 0.3 is 5.97 Å². The second-order valence-electron chi connectivity index (χ2n) is 5.17. The first kappa shape index (κ1) is 15.3. The van der Waals surface area contributed by atoms with Crippen molar-refractivity contribution in [1.82, 2.24) is 4.57 Å². The quantitative estimate of drug-likeness (QED) is 0.764. The first-order valence-electron chi connectivity index (χ1n) is 6.79. The van der Waals surface area contributed by atoms with E-state index in [9.17, 15) is 18.3 Å². The summed E-state index contributed by atoms with van der Waals surface area (Å²) in [5.41, 5.74) is 1.77. The summed E-state index contributed by atoms with van der Waals surface area (Å²) in [7, 11) is -3.74. The molecule has 3 rings (SSSR count). The average Bonchev–Trinajstić information content (AvgIpc) is 2.86. The molecule has 3 aromatic rings. The highest BCUT2D eigenvalue weighted by Gasteiger charge is 2.15. The van der Waals surface area contributed by atoms with Crippen LogP contribution in [-0.2, 0) is 16.6 Å². The van der Waals surface area contributed by atoms with Crippen molar-refractivity contribution in [1.29, 1.82) is 0 Å². The number of nitrogens with two attached hydrogens (primary N) is 1. The normalized spacial score (nSPS) is 11.7. The molecular formula is C16H14N2O4S. The Bertz CT molecular complexity index is 989. The fraction of sp³-hybridized carbons (Fsp3) is 0.0625. The fourth-order valence-electron chi connectivity index (χ4n) is 2.53. The van der Waals surface area contributed by atoms with E-state index in [1.165, 1.54) is 12.1 Å². The molecule has 7 heteroatoms. The van der Waals surface area contributed by atoms with Crippen molar-refractivity contribution in [2.75, 3.05) is 0 Å². The van der Waals surface area contributed by atoms with E-state index in [2.05, 4.69) is 0 Å². The predicted octanol–water partition coefficient (Wildman–Crippen LogP) is 2.04. The molecule has 0 aliphatic heterocycles. The van der Waals surface area contributed by atoms with E-state index in [0.717, 1.165) is 16.5 Å². The summed E-state index contributed by atoms with van der Waals surface area (Å²) in [5.74, 6) is -1.01. The zero-order chi connectivity index (χ0) is 16.6. The lowest BCUT2D eigenvalue weighted by Gasteiger charge is -2.09. The third-order valence-corrected chi connectivity index (χ3v) is 4.55. The molecule has 23 heavy (non-hydrogen) atoms. The molecule has 0 fully saturated rings. The molecule has 2 aromatic carbocycles. The van der Waals surface area contributed by atoms with Gasteiger partial charge in [0.1, 0.15) is 5.69 Å². The van der Waals surface area contributed by atoms with Crippen molar-refractivity contribution in [3.8, 4) is 0 Å². The predicted molar refractivity (Wildman–Crippen MR) is 85.8 cm³/mol. The largest absolute Gasteiger partial charge is 0.477 e. The van der Waals surface area contributed by atoms with Crippen LogP contribution < -0.4 is 5.14 Å². The van der Waals surface area contributed by atoms with E-state index in [0.29, 0.717) is 6.54 Å². The van der Waals surface area contributed by atoms with Gasteiger partial charge in [0, 0.05) is 17.4 Å². The van der Waals surface area contributed by atoms with Crippen LogP contribution in [0.2, 0.25) is 0 Å². The van der Waals surface area contributed by atoms with Crippen molar-refractivity contribution in [3.05, 3.63) is 65.9 Å². The number of nitrogens with zero attached hydrogens (tertiary/aromatic N) is 1. The van der Waals surface area contributed by atoms with E-state index in [4.69, 9.17) is 5.14 Å². The monoisotopic (exact) mass is 330 g/mol. The van der Waals surface area contributed by atoms with Gasteiger partial charge in [-0.25, -0.2) is 18.4 Å². The number of para-hydroxylation sites is 1. The molecule has 0 unspecified atom stereocenters. The molecule has 0 spiro atoms. The lowest BCUT2D eigenvalue weighted by atomic mass is 10.2. The molecule has 0 aliphatic carbocycles. The number of carboxylic acids is 1. The average molecular weight is 330 g/mol. The third kappa shape index (κ3) is 2.96. The Kier molecular flexibility index (Phi) is 3.67. The SMILES string of the molecule is NS(=O)(=O)c1ccc(Cn2c(C(=O)O)cc3ccccc32)cc1. The molecule has 1 aromatic heterocycles. The van der Waals surface area contributed by atoms with Crippen LogP contribution in [0.1, 0.15) is 16.1 Å². The van der Waals surface area contributed by atoms with E-state index >= 15 is 0 Å². The van der Waals surface area contributed by atoms with Crippen LogP contribution in [0.3, 0.4) is 0 Å². The highest BCUT2D eigenvalue weighted by atomic mass is 32.2. The molecule has 0 radical (unpaired) electrons. The molecule has 118 valence electrons. The molecule has 3 N–H and O–H groups in total. The molecule has 6 nitrogen and oxygen atoms in total. The van der Waals surface area contributed by atoms with E-state index in [1.54, 1.807) is 22.8 Å². The molecule has 0 aliphatic rings. The molecule has 0 saturated heterocycles. The standard InChI is InChI=1S/C16H14N2O4S/c17-23(21,22)13-7-5-11(6-8-13)10-18-14-4-2-1-3-12(14)9-15(18)16(19)20/h1-9H,10H2,(H,19,20)(H2,17,21,22). The minimum atomic E-state index is -3.74. The molecular weight excluding hydrogens is 316 g/mol. The topological polar surface area (TPSA) is 102 Å². The van der Waals surface area contributed by atoms with E-state index in [-0.39, 0.29) is 10.6 Å². The number of rotatable bonds is 4. The third-order valence-electron chi connectivity index (χ3n) is 3.62. The zero-order valence-corrected chi connectivity index (χ0v) is 12.8. The minimum absolute atomic E-state index is 0.0251. The number of hydrogen-bond donors (Lipinski definition) is 2. The van der Waals surface area contributed by atoms with Crippen molar-refractivity contribution in [2.45, 2.75) is 11.4 Å². The summed E-state index contributed by atoms with van der Waals surface area (Å²) in [6, 6.07) is 15.1. The number of fused-ring (bicyclic) bond motifs is 1. The number of aromatic carboxylic acids is 1. The van der Waals surface area contributed by atoms with Crippen molar-refractivity contribution in [2.24, 2.45) is 5.14 Å². The Morgan fingerprint density at radius 2 is 1.74 bits per heavy atom. The second-order valence-corrected chi connectivity index (χ2v) is 6.73. The van der Waals surface area contributed by atoms with E-state index < -0.39 is 16.0 Å². The van der Waals surface area contributed by atoms with Crippen LogP contribution in [0.5, 0.6) is 0 Å². The van der Waals surface area contributed by atoms with Crippen LogP contribution in [0, 0.1) is 0 Å². The number of carbonyl (C=O) groups is 1. The summed E-state index contributed by atoms with van der Waals surface area (Å²) in [4.78, 5) is 11.5. The molecule has 0 bridgehead atoms. The van der Waals surface area contributed by atoms with Gasteiger partial charge < -0.3 is 9.67 Å². The van der Waals surface area contributed by atoms with Gasteiger partial charge in [0.15, 0.2) is 0 Å². The molecule has 0 saturated carbocycles. The number of aromatic nitrogens is 1. The highest BCUT2D eigenvalue weighted by Crippen LogP contribution is 2.21. The van der Waals surface area contributed by atoms with Gasteiger partial charge in [0.05, 0.1) is 4.90 Å². The van der Waals surface area contributed by atoms with Crippen LogP contribution >= 0.6 is 0 Å². The van der Waals surface area contributed by atoms with Gasteiger partial charge in [-0.1, -0.05) is 30.3 Å². The zero-order valence-electron chi connectivity index (χ0n) is 12.0. The van der Waals surface area contributed by atoms with Crippen molar-refractivity contribution >= 4 is 26.9 Å². The van der Waals surface area contributed by atoms with E-state index in [1.807, 2.05) is 24.3 Å². The van der Waals surface area contributed by atoms with Gasteiger partial charge in [-0.15, -0.1) is 0 Å². The number of primary sulfonamides is 1. The number of benzene rings is 2. The van der Waals surface area contributed by atoms with Gasteiger partial charge in [-0.05, 0) is 29.8 Å². The van der Waals surface area contributed by atoms with Gasteiger partial charge in [0.2, 0.25) is 10.0 Å². The maximum atomic E-state index is 11.5. The number of sulfonamides is 1. The Morgan fingerprint density at radius 3 is 2.35 bits per heavy atom. The lowest BCUT2D eigenvalue weighted by molar-refractivity contribution is 0.0686. The summed E-state index contributed by atoms with van der Waals surface area (Å²) in [6.07, 6.45) is 0. The van der Waals surface area contributed by atoms with Gasteiger partial charge in [0.25, 0.3) is 0 Å². The summed E-state index contributed by atoms with van der Waals surface area (Å²) in [6.45, 7) is 0.319. The second kappa shape index (κ2) is 5.53. The minimum Gasteiger partial charge on any atom is -0.477 e. The molecule has 0 atom stereocenters. The Balaban J connectivity index is 2.04. The fourth-order valence-corrected chi connectivity index (χ4v) is 3.04. The maximum Gasteiger partial charge on any atom is 0.352 e. The summed E-state index contributed by atoms with van der Waals surface area (Å²) < 4.78 is 24.2. The highest BCUT2D eigenvalue weighted by molar-refractivity contribution is 7.89.